The molecule has 1 aliphatic heterocycles. The molecule has 0 aliphatic carbocycles. The Balaban J connectivity index is 2.11. The summed E-state index contributed by atoms with van der Waals surface area (Å²) in [6.07, 6.45) is 5.47. The molecule has 2 rings (SSSR count). The molecule has 1 saturated heterocycles. The molecule has 1 aliphatic rings. The molecule has 0 saturated carbocycles. The van der Waals surface area contributed by atoms with Gasteiger partial charge in [0.1, 0.15) is 7.11 Å². The van der Waals surface area contributed by atoms with Crippen molar-refractivity contribution in [3.05, 3.63) is 18.5 Å². The van der Waals surface area contributed by atoms with E-state index in [4.69, 9.17) is 0 Å². The summed E-state index contributed by atoms with van der Waals surface area (Å²) in [7, 11) is 1.45. The molecule has 0 radical (unpaired) electrons. The fraction of sp³-hybridized carbons (Fsp3) is 0.400. The van der Waals surface area contributed by atoms with Gasteiger partial charge in [-0.3, -0.25) is 9.69 Å². The van der Waals surface area contributed by atoms with Gasteiger partial charge in [0.25, 0.3) is 0 Å². The first-order valence-electron chi connectivity index (χ1n) is 4.98. The molecule has 6 heteroatoms. The number of aromatic nitrogens is 2. The van der Waals surface area contributed by atoms with Crippen LogP contribution in [0.5, 0.6) is 0 Å². The first kappa shape index (κ1) is 10.5. The third-order valence-electron chi connectivity index (χ3n) is 2.39. The van der Waals surface area contributed by atoms with E-state index in [1.807, 2.05) is 0 Å². The standard InChI is InChI=1S/C10H12N4O2/c1-16-13-7-8-3-6-14(9(8)15)10-11-4-2-5-12-10/h2,4-5,7-8H,3,6H2,1H3. The summed E-state index contributed by atoms with van der Waals surface area (Å²) in [4.78, 5) is 26.1. The summed E-state index contributed by atoms with van der Waals surface area (Å²) in [6.45, 7) is 0.614. The Labute approximate surface area is 92.9 Å². The molecule has 1 unspecified atom stereocenters. The van der Waals surface area contributed by atoms with Crippen LogP contribution in [0, 0.1) is 5.92 Å². The van der Waals surface area contributed by atoms with E-state index in [0.717, 1.165) is 0 Å². The van der Waals surface area contributed by atoms with Crippen LogP contribution in [-0.2, 0) is 9.63 Å². The summed E-state index contributed by atoms with van der Waals surface area (Å²) in [5.74, 6) is 0.177. The third-order valence-corrected chi connectivity index (χ3v) is 2.39. The van der Waals surface area contributed by atoms with Crippen LogP contribution < -0.4 is 4.90 Å². The van der Waals surface area contributed by atoms with Crippen molar-refractivity contribution in [3.63, 3.8) is 0 Å². The SMILES string of the molecule is CON=CC1CCN(c2ncccn2)C1=O. The fourth-order valence-electron chi connectivity index (χ4n) is 1.60. The lowest BCUT2D eigenvalue weighted by Gasteiger charge is -2.12. The zero-order valence-electron chi connectivity index (χ0n) is 8.91. The van der Waals surface area contributed by atoms with E-state index >= 15 is 0 Å². The van der Waals surface area contributed by atoms with Crippen molar-refractivity contribution in [3.8, 4) is 0 Å². The van der Waals surface area contributed by atoms with Crippen LogP contribution in [0.2, 0.25) is 0 Å². The molecule has 2 heterocycles. The smallest absolute Gasteiger partial charge is 0.238 e. The van der Waals surface area contributed by atoms with Crippen molar-refractivity contribution >= 4 is 18.1 Å². The molecule has 1 aromatic rings. The monoisotopic (exact) mass is 220 g/mol. The van der Waals surface area contributed by atoms with Crippen molar-refractivity contribution in [2.75, 3.05) is 18.6 Å². The Bertz CT molecular complexity index is 393. The van der Waals surface area contributed by atoms with E-state index in [-0.39, 0.29) is 11.8 Å². The van der Waals surface area contributed by atoms with Crippen LogP contribution in [-0.4, -0.2) is 35.7 Å². The second kappa shape index (κ2) is 4.69. The van der Waals surface area contributed by atoms with Gasteiger partial charge in [-0.2, -0.15) is 0 Å². The quantitative estimate of drug-likeness (QED) is 0.548. The zero-order chi connectivity index (χ0) is 11.4. The van der Waals surface area contributed by atoms with Gasteiger partial charge < -0.3 is 4.84 Å². The molecule has 1 amide bonds. The van der Waals surface area contributed by atoms with Crippen molar-refractivity contribution in [1.29, 1.82) is 0 Å². The van der Waals surface area contributed by atoms with Gasteiger partial charge in [0.05, 0.1) is 12.1 Å². The Kier molecular flexibility index (Phi) is 3.09. The zero-order valence-corrected chi connectivity index (χ0v) is 8.91. The number of amides is 1. The molecule has 6 nitrogen and oxygen atoms in total. The largest absolute Gasteiger partial charge is 0.399 e. The van der Waals surface area contributed by atoms with Crippen LogP contribution in [0.15, 0.2) is 23.6 Å². The maximum atomic E-state index is 11.9. The van der Waals surface area contributed by atoms with Gasteiger partial charge in [-0.25, -0.2) is 9.97 Å². The van der Waals surface area contributed by atoms with Gasteiger partial charge >= 0.3 is 0 Å². The molecule has 0 N–H and O–H groups in total. The highest BCUT2D eigenvalue weighted by molar-refractivity contribution is 6.04. The van der Waals surface area contributed by atoms with Gasteiger partial charge in [-0.05, 0) is 12.5 Å². The number of rotatable bonds is 3. The Morgan fingerprint density at radius 1 is 1.56 bits per heavy atom. The van der Waals surface area contributed by atoms with Crippen LogP contribution >= 0.6 is 0 Å². The number of hydrogen-bond donors (Lipinski definition) is 0. The van der Waals surface area contributed by atoms with E-state index in [0.29, 0.717) is 18.9 Å². The number of anilines is 1. The van der Waals surface area contributed by atoms with E-state index in [9.17, 15) is 4.79 Å². The first-order valence-corrected chi connectivity index (χ1v) is 4.98. The highest BCUT2D eigenvalue weighted by atomic mass is 16.6. The van der Waals surface area contributed by atoms with Crippen molar-refractivity contribution in [1.82, 2.24) is 9.97 Å². The number of carbonyl (C=O) groups excluding carboxylic acids is 1. The minimum absolute atomic E-state index is 0.0352. The summed E-state index contributed by atoms with van der Waals surface area (Å²) in [5, 5.41) is 3.62. The highest BCUT2D eigenvalue weighted by Crippen LogP contribution is 2.20. The number of nitrogens with zero attached hydrogens (tertiary/aromatic N) is 4. The average Bonchev–Trinajstić information content (AvgIpc) is 2.69. The maximum Gasteiger partial charge on any atom is 0.238 e. The van der Waals surface area contributed by atoms with Crippen LogP contribution in [0.4, 0.5) is 5.95 Å². The number of oxime groups is 1. The molecule has 1 atom stereocenters. The third kappa shape index (κ3) is 2.00. The lowest BCUT2D eigenvalue weighted by Crippen LogP contribution is -2.29. The fourth-order valence-corrected chi connectivity index (χ4v) is 1.60. The van der Waals surface area contributed by atoms with E-state index in [1.165, 1.54) is 13.3 Å². The molecule has 84 valence electrons. The highest BCUT2D eigenvalue weighted by Gasteiger charge is 2.32. The molecular weight excluding hydrogens is 208 g/mol. The molecule has 0 bridgehead atoms. The summed E-state index contributed by atoms with van der Waals surface area (Å²) < 4.78 is 0. The lowest BCUT2D eigenvalue weighted by atomic mass is 10.1. The topological polar surface area (TPSA) is 67.7 Å². The molecule has 0 spiro atoms. The summed E-state index contributed by atoms with van der Waals surface area (Å²) in [6, 6.07) is 1.72. The maximum absolute atomic E-state index is 11.9. The minimum Gasteiger partial charge on any atom is -0.399 e. The van der Waals surface area contributed by atoms with Gasteiger partial charge in [-0.1, -0.05) is 5.16 Å². The number of hydrogen-bond acceptors (Lipinski definition) is 5. The molecule has 1 aromatic heterocycles. The van der Waals surface area contributed by atoms with E-state index < -0.39 is 0 Å². The van der Waals surface area contributed by atoms with Crippen LogP contribution in [0.3, 0.4) is 0 Å². The van der Waals surface area contributed by atoms with Crippen LogP contribution in [0.25, 0.3) is 0 Å². The summed E-state index contributed by atoms with van der Waals surface area (Å²) >= 11 is 0. The number of carbonyl (C=O) groups is 1. The van der Waals surface area contributed by atoms with Crippen molar-refractivity contribution in [2.45, 2.75) is 6.42 Å². The lowest BCUT2D eigenvalue weighted by molar-refractivity contribution is -0.118. The average molecular weight is 220 g/mol. The van der Waals surface area contributed by atoms with Crippen LogP contribution in [0.1, 0.15) is 6.42 Å². The Morgan fingerprint density at radius 2 is 2.31 bits per heavy atom. The van der Waals surface area contributed by atoms with Crippen molar-refractivity contribution < 1.29 is 9.63 Å². The van der Waals surface area contributed by atoms with Gasteiger partial charge in [0, 0.05) is 18.9 Å². The molecule has 16 heavy (non-hydrogen) atoms. The molecule has 0 aromatic carbocycles. The normalized spacial score (nSPS) is 20.7. The summed E-state index contributed by atoms with van der Waals surface area (Å²) in [5.41, 5.74) is 0. The Morgan fingerprint density at radius 3 is 3.00 bits per heavy atom. The predicted molar refractivity (Wildman–Crippen MR) is 58.0 cm³/mol. The minimum atomic E-state index is -0.233. The second-order valence-electron chi connectivity index (χ2n) is 3.37. The second-order valence-corrected chi connectivity index (χ2v) is 3.37. The van der Waals surface area contributed by atoms with Gasteiger partial charge in [-0.15, -0.1) is 0 Å². The predicted octanol–water partition coefficient (Wildman–Crippen LogP) is 0.462. The van der Waals surface area contributed by atoms with E-state index in [1.54, 1.807) is 23.4 Å². The Hall–Kier alpha value is -1.98. The molecular formula is C10H12N4O2. The van der Waals surface area contributed by atoms with E-state index in [2.05, 4.69) is 20.0 Å². The van der Waals surface area contributed by atoms with Gasteiger partial charge in [0.2, 0.25) is 11.9 Å². The van der Waals surface area contributed by atoms with Crippen molar-refractivity contribution in [2.24, 2.45) is 11.1 Å². The first-order chi connectivity index (χ1) is 7.83. The van der Waals surface area contributed by atoms with Gasteiger partial charge in [0.15, 0.2) is 0 Å². The molecule has 1 fully saturated rings.